The maximum Gasteiger partial charge on any atom is 0.191 e. The van der Waals surface area contributed by atoms with Crippen LogP contribution in [0, 0.1) is 5.41 Å². The molecule has 0 atom stereocenters. The van der Waals surface area contributed by atoms with Crippen LogP contribution in [0.2, 0.25) is 0 Å². The first-order chi connectivity index (χ1) is 7.12. The van der Waals surface area contributed by atoms with Gasteiger partial charge < -0.3 is 15.7 Å². The number of rotatable bonds is 5. The Balaban J connectivity index is 2.43. The van der Waals surface area contributed by atoms with Crippen LogP contribution in [0.5, 0.6) is 0 Å². The standard InChI is InChI=1S/C11H23N3O/c1-4-12-10(14-9(2)3)13-7-11(8-15)5-6-11/h9,15H,4-8H2,1-3H3,(H2,12,13,14). The molecule has 0 aromatic carbocycles. The van der Waals surface area contributed by atoms with Gasteiger partial charge in [0.25, 0.3) is 0 Å². The largest absolute Gasteiger partial charge is 0.396 e. The second-order valence-corrected chi connectivity index (χ2v) is 4.65. The molecule has 1 rings (SSSR count). The molecule has 0 amide bonds. The van der Waals surface area contributed by atoms with Gasteiger partial charge in [0.1, 0.15) is 0 Å². The minimum atomic E-state index is 0.0966. The molecule has 0 aliphatic heterocycles. The van der Waals surface area contributed by atoms with Gasteiger partial charge in [0.15, 0.2) is 5.96 Å². The summed E-state index contributed by atoms with van der Waals surface area (Å²) in [5.74, 6) is 0.854. The van der Waals surface area contributed by atoms with E-state index in [9.17, 15) is 5.11 Å². The molecule has 0 heterocycles. The van der Waals surface area contributed by atoms with Gasteiger partial charge in [0, 0.05) is 18.0 Å². The molecule has 4 heteroatoms. The minimum Gasteiger partial charge on any atom is -0.396 e. The van der Waals surface area contributed by atoms with Crippen molar-refractivity contribution in [3.05, 3.63) is 0 Å². The van der Waals surface area contributed by atoms with Crippen LogP contribution in [0.4, 0.5) is 0 Å². The smallest absolute Gasteiger partial charge is 0.191 e. The van der Waals surface area contributed by atoms with E-state index in [1.54, 1.807) is 0 Å². The predicted molar refractivity (Wildman–Crippen MR) is 63.0 cm³/mol. The van der Waals surface area contributed by atoms with Gasteiger partial charge in [-0.1, -0.05) is 0 Å². The highest BCUT2D eigenvalue weighted by molar-refractivity contribution is 5.80. The number of aliphatic hydroxyl groups excluding tert-OH is 1. The van der Waals surface area contributed by atoms with E-state index in [0.29, 0.717) is 6.04 Å². The van der Waals surface area contributed by atoms with Crippen molar-refractivity contribution in [1.29, 1.82) is 0 Å². The Bertz CT molecular complexity index is 222. The molecule has 0 saturated heterocycles. The lowest BCUT2D eigenvalue weighted by Crippen LogP contribution is -2.41. The van der Waals surface area contributed by atoms with E-state index < -0.39 is 0 Å². The maximum atomic E-state index is 9.17. The van der Waals surface area contributed by atoms with Crippen LogP contribution in [0.15, 0.2) is 4.99 Å². The molecule has 4 nitrogen and oxygen atoms in total. The molecular weight excluding hydrogens is 190 g/mol. The Kier molecular flexibility index (Phi) is 4.39. The van der Waals surface area contributed by atoms with Crippen molar-refractivity contribution in [3.8, 4) is 0 Å². The molecule has 0 unspecified atom stereocenters. The van der Waals surface area contributed by atoms with E-state index >= 15 is 0 Å². The van der Waals surface area contributed by atoms with E-state index in [-0.39, 0.29) is 12.0 Å². The normalized spacial score (nSPS) is 19.1. The SMILES string of the molecule is CCNC(=NCC1(CO)CC1)NC(C)C. The number of guanidine groups is 1. The van der Waals surface area contributed by atoms with E-state index in [4.69, 9.17) is 0 Å². The number of nitrogens with zero attached hydrogens (tertiary/aromatic N) is 1. The highest BCUT2D eigenvalue weighted by Crippen LogP contribution is 2.45. The molecule has 1 saturated carbocycles. The average molecular weight is 213 g/mol. The van der Waals surface area contributed by atoms with Crippen molar-refractivity contribution in [2.24, 2.45) is 10.4 Å². The Morgan fingerprint density at radius 2 is 2.13 bits per heavy atom. The quantitative estimate of drug-likeness (QED) is 0.466. The van der Waals surface area contributed by atoms with Gasteiger partial charge in [-0.15, -0.1) is 0 Å². The Hall–Kier alpha value is -0.770. The monoisotopic (exact) mass is 213 g/mol. The third-order valence-corrected chi connectivity index (χ3v) is 2.63. The fourth-order valence-electron chi connectivity index (χ4n) is 1.38. The zero-order valence-electron chi connectivity index (χ0n) is 10.0. The molecule has 0 aromatic rings. The number of aliphatic imine (C=N–C) groups is 1. The first kappa shape index (κ1) is 12.3. The van der Waals surface area contributed by atoms with Crippen LogP contribution in [0.1, 0.15) is 33.6 Å². The Morgan fingerprint density at radius 3 is 2.53 bits per heavy atom. The minimum absolute atomic E-state index is 0.0966. The predicted octanol–water partition coefficient (Wildman–Crippen LogP) is 0.722. The zero-order chi connectivity index (χ0) is 11.3. The molecule has 88 valence electrons. The van der Waals surface area contributed by atoms with Crippen molar-refractivity contribution in [2.75, 3.05) is 19.7 Å². The lowest BCUT2D eigenvalue weighted by Gasteiger charge is -2.15. The van der Waals surface area contributed by atoms with Gasteiger partial charge in [-0.25, -0.2) is 0 Å². The molecular formula is C11H23N3O. The summed E-state index contributed by atoms with van der Waals surface area (Å²) < 4.78 is 0. The molecule has 1 aliphatic rings. The van der Waals surface area contributed by atoms with E-state index in [2.05, 4.69) is 36.4 Å². The van der Waals surface area contributed by atoms with Gasteiger partial charge in [-0.2, -0.15) is 0 Å². The van der Waals surface area contributed by atoms with Crippen LogP contribution < -0.4 is 10.6 Å². The molecule has 0 aromatic heterocycles. The molecule has 1 aliphatic carbocycles. The van der Waals surface area contributed by atoms with Crippen molar-refractivity contribution in [1.82, 2.24) is 10.6 Å². The zero-order valence-corrected chi connectivity index (χ0v) is 10.0. The number of aliphatic hydroxyl groups is 1. The maximum absolute atomic E-state index is 9.17. The Morgan fingerprint density at radius 1 is 1.47 bits per heavy atom. The summed E-state index contributed by atoms with van der Waals surface area (Å²) in [6, 6.07) is 0.382. The number of hydrogen-bond donors (Lipinski definition) is 3. The fraction of sp³-hybridized carbons (Fsp3) is 0.909. The van der Waals surface area contributed by atoms with Crippen LogP contribution in [0.3, 0.4) is 0 Å². The molecule has 3 N–H and O–H groups in total. The lowest BCUT2D eigenvalue weighted by molar-refractivity contribution is 0.217. The molecule has 0 bridgehead atoms. The van der Waals surface area contributed by atoms with Gasteiger partial charge in [0.05, 0.1) is 13.2 Å². The van der Waals surface area contributed by atoms with Gasteiger partial charge in [-0.05, 0) is 33.6 Å². The summed E-state index contributed by atoms with van der Waals surface area (Å²) in [7, 11) is 0. The van der Waals surface area contributed by atoms with E-state index in [1.807, 2.05) is 0 Å². The summed E-state index contributed by atoms with van der Waals surface area (Å²) in [5.41, 5.74) is 0.0966. The van der Waals surface area contributed by atoms with Crippen LogP contribution in [-0.4, -0.2) is 36.8 Å². The highest BCUT2D eigenvalue weighted by atomic mass is 16.3. The van der Waals surface area contributed by atoms with Gasteiger partial charge in [0.2, 0.25) is 0 Å². The molecule has 0 spiro atoms. The molecule has 1 fully saturated rings. The van der Waals surface area contributed by atoms with Gasteiger partial charge in [-0.3, -0.25) is 4.99 Å². The second kappa shape index (κ2) is 5.35. The Labute approximate surface area is 92.2 Å². The van der Waals surface area contributed by atoms with Gasteiger partial charge >= 0.3 is 0 Å². The topological polar surface area (TPSA) is 56.7 Å². The van der Waals surface area contributed by atoms with Crippen LogP contribution in [-0.2, 0) is 0 Å². The summed E-state index contributed by atoms with van der Waals surface area (Å²) in [6.45, 7) is 8.09. The van der Waals surface area contributed by atoms with Crippen LogP contribution in [0.25, 0.3) is 0 Å². The third kappa shape index (κ3) is 4.08. The van der Waals surface area contributed by atoms with Crippen molar-refractivity contribution in [3.63, 3.8) is 0 Å². The highest BCUT2D eigenvalue weighted by Gasteiger charge is 2.41. The van der Waals surface area contributed by atoms with Crippen molar-refractivity contribution in [2.45, 2.75) is 39.7 Å². The van der Waals surface area contributed by atoms with E-state index in [1.165, 1.54) is 0 Å². The van der Waals surface area contributed by atoms with Crippen molar-refractivity contribution < 1.29 is 5.11 Å². The van der Waals surface area contributed by atoms with Crippen LogP contribution >= 0.6 is 0 Å². The third-order valence-electron chi connectivity index (χ3n) is 2.63. The average Bonchev–Trinajstić information content (AvgIpc) is 2.95. The van der Waals surface area contributed by atoms with Crippen molar-refractivity contribution >= 4 is 5.96 Å². The molecule has 15 heavy (non-hydrogen) atoms. The number of nitrogens with one attached hydrogen (secondary N) is 2. The number of hydrogen-bond acceptors (Lipinski definition) is 2. The summed E-state index contributed by atoms with van der Waals surface area (Å²) in [6.07, 6.45) is 2.21. The molecule has 0 radical (unpaired) electrons. The van der Waals surface area contributed by atoms with E-state index in [0.717, 1.165) is 31.9 Å². The summed E-state index contributed by atoms with van der Waals surface area (Å²) in [4.78, 5) is 4.49. The lowest BCUT2D eigenvalue weighted by atomic mass is 10.1. The first-order valence-electron chi connectivity index (χ1n) is 5.77. The summed E-state index contributed by atoms with van der Waals surface area (Å²) >= 11 is 0. The fourth-order valence-corrected chi connectivity index (χ4v) is 1.38. The summed E-state index contributed by atoms with van der Waals surface area (Å²) in [5, 5.41) is 15.6. The second-order valence-electron chi connectivity index (χ2n) is 4.65. The first-order valence-corrected chi connectivity index (χ1v) is 5.77.